The lowest BCUT2D eigenvalue weighted by atomic mass is 9.88. The molecule has 0 aliphatic rings. The van der Waals surface area contributed by atoms with E-state index in [1.807, 2.05) is 12.1 Å². The van der Waals surface area contributed by atoms with Gasteiger partial charge < -0.3 is 10.1 Å². The van der Waals surface area contributed by atoms with E-state index in [0.717, 1.165) is 18.8 Å². The second kappa shape index (κ2) is 7.42. The molecule has 1 atom stereocenters. The molecule has 0 aliphatic heterocycles. The molecule has 2 heteroatoms. The van der Waals surface area contributed by atoms with E-state index in [1.165, 1.54) is 5.56 Å². The first kappa shape index (κ1) is 15.0. The van der Waals surface area contributed by atoms with Gasteiger partial charge in [-0.15, -0.1) is 0 Å². The first-order valence-corrected chi connectivity index (χ1v) is 6.89. The Bertz CT molecular complexity index is 329. The van der Waals surface area contributed by atoms with Crippen molar-refractivity contribution < 1.29 is 4.74 Å². The van der Waals surface area contributed by atoms with Crippen molar-refractivity contribution in [1.82, 2.24) is 5.32 Å². The van der Waals surface area contributed by atoms with Crippen LogP contribution in [0.1, 0.15) is 39.2 Å². The molecule has 0 heterocycles. The lowest BCUT2D eigenvalue weighted by Gasteiger charge is -2.22. The normalized spacial score (nSPS) is 13.1. The molecule has 0 aromatic heterocycles. The van der Waals surface area contributed by atoms with Crippen molar-refractivity contribution in [1.29, 1.82) is 0 Å². The number of ether oxygens (including phenoxy) is 1. The summed E-state index contributed by atoms with van der Waals surface area (Å²) in [5.41, 5.74) is 1.39. The molecular formula is C16H27NO. The van der Waals surface area contributed by atoms with Gasteiger partial charge in [0, 0.05) is 6.54 Å². The van der Waals surface area contributed by atoms with E-state index in [4.69, 9.17) is 4.74 Å². The van der Waals surface area contributed by atoms with Gasteiger partial charge in [0.2, 0.25) is 0 Å². The van der Waals surface area contributed by atoms with Crippen LogP contribution < -0.4 is 10.1 Å². The van der Waals surface area contributed by atoms with Crippen molar-refractivity contribution in [3.63, 3.8) is 0 Å². The van der Waals surface area contributed by atoms with E-state index in [2.05, 4.69) is 45.1 Å². The fourth-order valence-electron chi connectivity index (χ4n) is 2.12. The third-order valence-corrected chi connectivity index (χ3v) is 3.27. The van der Waals surface area contributed by atoms with Crippen LogP contribution in [0.5, 0.6) is 5.75 Å². The third-order valence-electron chi connectivity index (χ3n) is 3.27. The van der Waals surface area contributed by atoms with Gasteiger partial charge in [-0.3, -0.25) is 0 Å². The summed E-state index contributed by atoms with van der Waals surface area (Å²) in [5.74, 6) is 2.83. The van der Waals surface area contributed by atoms with Crippen LogP contribution in [0.2, 0.25) is 0 Å². The minimum absolute atomic E-state index is 0.564. The molecule has 0 saturated carbocycles. The van der Waals surface area contributed by atoms with Gasteiger partial charge in [0.05, 0.1) is 7.11 Å². The Morgan fingerprint density at radius 3 is 2.06 bits per heavy atom. The summed E-state index contributed by atoms with van der Waals surface area (Å²) in [4.78, 5) is 0. The third kappa shape index (κ3) is 4.69. The fourth-order valence-corrected chi connectivity index (χ4v) is 2.12. The molecule has 1 aromatic carbocycles. The highest BCUT2D eigenvalue weighted by Gasteiger charge is 2.15. The van der Waals surface area contributed by atoms with E-state index >= 15 is 0 Å². The predicted molar refractivity (Wildman–Crippen MR) is 78.3 cm³/mol. The van der Waals surface area contributed by atoms with Crippen LogP contribution in [0, 0.1) is 11.8 Å². The number of hydrogen-bond acceptors (Lipinski definition) is 2. The molecular weight excluding hydrogens is 222 g/mol. The van der Waals surface area contributed by atoms with Crippen LogP contribution in [0.3, 0.4) is 0 Å². The summed E-state index contributed by atoms with van der Waals surface area (Å²) in [6.07, 6.45) is 0. The summed E-state index contributed by atoms with van der Waals surface area (Å²) in [5, 5.41) is 3.56. The first-order chi connectivity index (χ1) is 8.54. The molecule has 0 aliphatic carbocycles. The van der Waals surface area contributed by atoms with Gasteiger partial charge in [0.1, 0.15) is 5.75 Å². The molecule has 0 amide bonds. The number of nitrogens with one attached hydrogen (secondary N) is 1. The van der Waals surface area contributed by atoms with E-state index in [1.54, 1.807) is 7.11 Å². The van der Waals surface area contributed by atoms with Crippen LogP contribution in [0.4, 0.5) is 0 Å². The minimum Gasteiger partial charge on any atom is -0.497 e. The van der Waals surface area contributed by atoms with Gasteiger partial charge in [0.25, 0.3) is 0 Å². The number of methoxy groups -OCH3 is 1. The summed E-state index contributed by atoms with van der Waals surface area (Å²) >= 11 is 0. The average Bonchev–Trinajstić information content (AvgIpc) is 2.34. The van der Waals surface area contributed by atoms with Crippen molar-refractivity contribution in [2.45, 2.75) is 33.6 Å². The Labute approximate surface area is 112 Å². The molecule has 0 spiro atoms. The van der Waals surface area contributed by atoms with Gasteiger partial charge in [-0.05, 0) is 42.0 Å². The Morgan fingerprint density at radius 2 is 1.61 bits per heavy atom. The molecule has 1 aromatic rings. The molecule has 1 rings (SSSR count). The predicted octanol–water partition coefficient (Wildman–Crippen LogP) is 3.68. The summed E-state index contributed by atoms with van der Waals surface area (Å²) in [6.45, 7) is 11.2. The molecule has 102 valence electrons. The minimum atomic E-state index is 0.564. The SMILES string of the molecule is COc1ccc(C(CNCC(C)C)C(C)C)cc1. The summed E-state index contributed by atoms with van der Waals surface area (Å²) in [7, 11) is 1.71. The van der Waals surface area contributed by atoms with Crippen LogP contribution in [-0.4, -0.2) is 20.2 Å². The first-order valence-electron chi connectivity index (χ1n) is 6.89. The van der Waals surface area contributed by atoms with E-state index < -0.39 is 0 Å². The van der Waals surface area contributed by atoms with Crippen molar-refractivity contribution in [2.75, 3.05) is 20.2 Å². The zero-order valence-corrected chi connectivity index (χ0v) is 12.4. The lowest BCUT2D eigenvalue weighted by Crippen LogP contribution is -2.27. The molecule has 0 bridgehead atoms. The molecule has 1 unspecified atom stereocenters. The van der Waals surface area contributed by atoms with Crippen LogP contribution in [-0.2, 0) is 0 Å². The molecule has 0 radical (unpaired) electrons. The largest absolute Gasteiger partial charge is 0.497 e. The van der Waals surface area contributed by atoms with Gasteiger partial charge in [-0.2, -0.15) is 0 Å². The summed E-state index contributed by atoms with van der Waals surface area (Å²) < 4.78 is 5.21. The lowest BCUT2D eigenvalue weighted by molar-refractivity contribution is 0.413. The second-order valence-electron chi connectivity index (χ2n) is 5.68. The summed E-state index contributed by atoms with van der Waals surface area (Å²) in [6, 6.07) is 8.46. The smallest absolute Gasteiger partial charge is 0.118 e. The topological polar surface area (TPSA) is 21.3 Å². The highest BCUT2D eigenvalue weighted by Crippen LogP contribution is 2.25. The zero-order valence-electron chi connectivity index (χ0n) is 12.4. The number of rotatable bonds is 7. The maximum absolute atomic E-state index is 5.21. The van der Waals surface area contributed by atoms with Crippen LogP contribution in [0.15, 0.2) is 24.3 Å². The Morgan fingerprint density at radius 1 is 1.00 bits per heavy atom. The molecule has 0 saturated heterocycles. The second-order valence-corrected chi connectivity index (χ2v) is 5.68. The Kier molecular flexibility index (Phi) is 6.20. The fraction of sp³-hybridized carbons (Fsp3) is 0.625. The Hall–Kier alpha value is -1.02. The van der Waals surface area contributed by atoms with Gasteiger partial charge in [-0.1, -0.05) is 39.8 Å². The van der Waals surface area contributed by atoms with E-state index in [0.29, 0.717) is 17.8 Å². The van der Waals surface area contributed by atoms with Crippen molar-refractivity contribution in [3.05, 3.63) is 29.8 Å². The quantitative estimate of drug-likeness (QED) is 0.796. The Balaban J connectivity index is 2.65. The van der Waals surface area contributed by atoms with Crippen molar-refractivity contribution in [3.8, 4) is 5.75 Å². The zero-order chi connectivity index (χ0) is 13.5. The van der Waals surface area contributed by atoms with Crippen LogP contribution >= 0.6 is 0 Å². The molecule has 0 fully saturated rings. The van der Waals surface area contributed by atoms with Crippen LogP contribution in [0.25, 0.3) is 0 Å². The van der Waals surface area contributed by atoms with Gasteiger partial charge in [-0.25, -0.2) is 0 Å². The number of hydrogen-bond donors (Lipinski definition) is 1. The molecule has 2 nitrogen and oxygen atoms in total. The van der Waals surface area contributed by atoms with Gasteiger partial charge in [0.15, 0.2) is 0 Å². The maximum Gasteiger partial charge on any atom is 0.118 e. The van der Waals surface area contributed by atoms with Crippen molar-refractivity contribution >= 4 is 0 Å². The van der Waals surface area contributed by atoms with Gasteiger partial charge >= 0.3 is 0 Å². The van der Waals surface area contributed by atoms with E-state index in [-0.39, 0.29) is 0 Å². The average molecular weight is 249 g/mol. The standard InChI is InChI=1S/C16H27NO/c1-12(2)10-17-11-16(13(3)4)14-6-8-15(18-5)9-7-14/h6-9,12-13,16-17H,10-11H2,1-5H3. The highest BCUT2D eigenvalue weighted by molar-refractivity contribution is 5.29. The highest BCUT2D eigenvalue weighted by atomic mass is 16.5. The molecule has 18 heavy (non-hydrogen) atoms. The van der Waals surface area contributed by atoms with E-state index in [9.17, 15) is 0 Å². The molecule has 1 N–H and O–H groups in total. The van der Waals surface area contributed by atoms with Crippen molar-refractivity contribution in [2.24, 2.45) is 11.8 Å². The maximum atomic E-state index is 5.21. The number of benzene rings is 1. The monoisotopic (exact) mass is 249 g/mol.